The lowest BCUT2D eigenvalue weighted by Crippen LogP contribution is -2.18. The number of hydrogen-bond donors (Lipinski definition) is 3. The van der Waals surface area contributed by atoms with Crippen molar-refractivity contribution in [3.8, 4) is 0 Å². The van der Waals surface area contributed by atoms with Crippen LogP contribution in [0.3, 0.4) is 0 Å². The standard InChI is InChI=1S/C19H19N5O4S2/c1-12-7-15(24-28-12)22-17(26)10-29-11-18(27)23-19-21-14(9-30-19)8-16(25)20-13-5-3-2-4-6-13/h2-7,9H,8,10-11H2,1H3,(H,20,25)(H,21,23,27)(H,22,24,26). The molecule has 0 bridgehead atoms. The predicted octanol–water partition coefficient (Wildman–Crippen LogP) is 2.93. The zero-order valence-electron chi connectivity index (χ0n) is 16.0. The Morgan fingerprint density at radius 2 is 1.77 bits per heavy atom. The Balaban J connectivity index is 1.37. The zero-order valence-corrected chi connectivity index (χ0v) is 17.6. The van der Waals surface area contributed by atoms with Crippen molar-refractivity contribution in [1.29, 1.82) is 0 Å². The summed E-state index contributed by atoms with van der Waals surface area (Å²) in [4.78, 5) is 40.1. The fourth-order valence-corrected chi connectivity index (χ4v) is 3.68. The van der Waals surface area contributed by atoms with E-state index in [1.165, 1.54) is 11.3 Å². The summed E-state index contributed by atoms with van der Waals surface area (Å²) in [5, 5.41) is 13.8. The fraction of sp³-hybridized carbons (Fsp3) is 0.211. The van der Waals surface area contributed by atoms with Crippen molar-refractivity contribution in [1.82, 2.24) is 10.1 Å². The number of carbonyl (C=O) groups is 3. The second kappa shape index (κ2) is 10.6. The molecule has 0 aliphatic heterocycles. The van der Waals surface area contributed by atoms with Crippen LogP contribution in [0.15, 0.2) is 46.3 Å². The molecule has 0 unspecified atom stereocenters. The van der Waals surface area contributed by atoms with Crippen LogP contribution in [-0.4, -0.2) is 39.4 Å². The normalized spacial score (nSPS) is 10.4. The Kier molecular flexibility index (Phi) is 7.57. The quantitative estimate of drug-likeness (QED) is 0.462. The van der Waals surface area contributed by atoms with Crippen LogP contribution in [0.4, 0.5) is 16.6 Å². The first-order chi connectivity index (χ1) is 14.5. The van der Waals surface area contributed by atoms with E-state index in [9.17, 15) is 14.4 Å². The largest absolute Gasteiger partial charge is 0.360 e. The summed E-state index contributed by atoms with van der Waals surface area (Å²) in [6.45, 7) is 1.72. The lowest BCUT2D eigenvalue weighted by molar-refractivity contribution is -0.116. The molecule has 1 aromatic carbocycles. The molecule has 2 aromatic heterocycles. The maximum atomic E-state index is 12.1. The summed E-state index contributed by atoms with van der Waals surface area (Å²) in [6, 6.07) is 10.7. The molecule has 3 aromatic rings. The molecule has 3 N–H and O–H groups in total. The minimum Gasteiger partial charge on any atom is -0.360 e. The molecule has 3 rings (SSSR count). The Hall–Kier alpha value is -3.18. The van der Waals surface area contributed by atoms with Gasteiger partial charge in [-0.2, -0.15) is 0 Å². The van der Waals surface area contributed by atoms with Crippen molar-refractivity contribution < 1.29 is 18.9 Å². The predicted molar refractivity (Wildman–Crippen MR) is 117 cm³/mol. The monoisotopic (exact) mass is 445 g/mol. The number of aromatic nitrogens is 2. The number of thioether (sulfide) groups is 1. The molecule has 11 heteroatoms. The Morgan fingerprint density at radius 3 is 2.47 bits per heavy atom. The molecule has 0 spiro atoms. The van der Waals surface area contributed by atoms with Crippen molar-refractivity contribution in [3.05, 3.63) is 53.2 Å². The summed E-state index contributed by atoms with van der Waals surface area (Å²) in [5.74, 6) is 0.387. The first-order valence-electron chi connectivity index (χ1n) is 8.88. The molecule has 0 saturated carbocycles. The van der Waals surface area contributed by atoms with Gasteiger partial charge in [0.05, 0.1) is 23.6 Å². The maximum Gasteiger partial charge on any atom is 0.236 e. The molecule has 2 heterocycles. The van der Waals surface area contributed by atoms with E-state index >= 15 is 0 Å². The van der Waals surface area contributed by atoms with E-state index in [2.05, 4.69) is 26.1 Å². The number of benzene rings is 1. The highest BCUT2D eigenvalue weighted by Crippen LogP contribution is 2.17. The van der Waals surface area contributed by atoms with Gasteiger partial charge in [0.15, 0.2) is 10.9 Å². The van der Waals surface area contributed by atoms with Crippen LogP contribution in [0.1, 0.15) is 11.5 Å². The number of hydrogen-bond acceptors (Lipinski definition) is 8. The average Bonchev–Trinajstić information content (AvgIpc) is 3.31. The van der Waals surface area contributed by atoms with Crippen LogP contribution in [0.2, 0.25) is 0 Å². The van der Waals surface area contributed by atoms with E-state index in [0.29, 0.717) is 28.1 Å². The van der Waals surface area contributed by atoms with Gasteiger partial charge in [-0.25, -0.2) is 4.98 Å². The number of carbonyl (C=O) groups excluding carboxylic acids is 3. The van der Waals surface area contributed by atoms with E-state index in [4.69, 9.17) is 4.52 Å². The van der Waals surface area contributed by atoms with Gasteiger partial charge in [0.1, 0.15) is 5.76 Å². The van der Waals surface area contributed by atoms with Crippen molar-refractivity contribution in [3.63, 3.8) is 0 Å². The third-order valence-corrected chi connectivity index (χ3v) is 5.30. The van der Waals surface area contributed by atoms with Crippen molar-refractivity contribution >= 4 is 57.5 Å². The van der Waals surface area contributed by atoms with Crippen molar-refractivity contribution in [2.24, 2.45) is 0 Å². The van der Waals surface area contributed by atoms with Crippen LogP contribution < -0.4 is 16.0 Å². The molecule has 0 fully saturated rings. The van der Waals surface area contributed by atoms with Gasteiger partial charge in [-0.3, -0.25) is 14.4 Å². The van der Waals surface area contributed by atoms with E-state index in [1.807, 2.05) is 18.2 Å². The van der Waals surface area contributed by atoms with Gasteiger partial charge in [0.25, 0.3) is 0 Å². The van der Waals surface area contributed by atoms with Crippen molar-refractivity contribution in [2.45, 2.75) is 13.3 Å². The number of amides is 3. The highest BCUT2D eigenvalue weighted by molar-refractivity contribution is 8.00. The minimum atomic E-state index is -0.278. The number of para-hydroxylation sites is 1. The summed E-state index contributed by atoms with van der Waals surface area (Å²) in [5.41, 5.74) is 1.28. The van der Waals surface area contributed by atoms with Crippen LogP contribution in [0.5, 0.6) is 0 Å². The second-order valence-electron chi connectivity index (χ2n) is 6.15. The Labute approximate surface area is 180 Å². The molecule has 30 heavy (non-hydrogen) atoms. The van der Waals surface area contributed by atoms with Crippen LogP contribution >= 0.6 is 23.1 Å². The summed E-state index contributed by atoms with van der Waals surface area (Å²) >= 11 is 2.40. The van der Waals surface area contributed by atoms with E-state index in [0.717, 1.165) is 11.8 Å². The van der Waals surface area contributed by atoms with E-state index in [-0.39, 0.29) is 35.6 Å². The fourth-order valence-electron chi connectivity index (χ4n) is 2.33. The summed E-state index contributed by atoms with van der Waals surface area (Å²) in [7, 11) is 0. The highest BCUT2D eigenvalue weighted by atomic mass is 32.2. The Morgan fingerprint density at radius 1 is 1.03 bits per heavy atom. The van der Waals surface area contributed by atoms with Gasteiger partial charge in [-0.05, 0) is 19.1 Å². The molecule has 156 valence electrons. The van der Waals surface area contributed by atoms with Gasteiger partial charge in [-0.15, -0.1) is 23.1 Å². The molecule has 0 atom stereocenters. The highest BCUT2D eigenvalue weighted by Gasteiger charge is 2.12. The van der Waals surface area contributed by atoms with E-state index < -0.39 is 0 Å². The number of nitrogens with one attached hydrogen (secondary N) is 3. The molecule has 0 aliphatic rings. The first-order valence-corrected chi connectivity index (χ1v) is 10.9. The minimum absolute atomic E-state index is 0.0919. The number of anilines is 3. The molecule has 9 nitrogen and oxygen atoms in total. The van der Waals surface area contributed by atoms with Gasteiger partial charge in [0.2, 0.25) is 17.7 Å². The molecular weight excluding hydrogens is 426 g/mol. The second-order valence-corrected chi connectivity index (χ2v) is 7.99. The molecule has 0 aliphatic carbocycles. The molecular formula is C19H19N5O4S2. The third kappa shape index (κ3) is 7.01. The summed E-state index contributed by atoms with van der Waals surface area (Å²) in [6.07, 6.45) is 0.109. The molecule has 3 amide bonds. The first kappa shape index (κ1) is 21.5. The lowest BCUT2D eigenvalue weighted by Gasteiger charge is -2.03. The van der Waals surface area contributed by atoms with Crippen LogP contribution in [0.25, 0.3) is 0 Å². The SMILES string of the molecule is Cc1cc(NC(=O)CSCC(=O)Nc2nc(CC(=O)Nc3ccccc3)cs2)no1. The van der Waals surface area contributed by atoms with Crippen molar-refractivity contribution in [2.75, 3.05) is 27.5 Å². The van der Waals surface area contributed by atoms with Crippen LogP contribution in [-0.2, 0) is 20.8 Å². The lowest BCUT2D eigenvalue weighted by atomic mass is 10.3. The van der Waals surface area contributed by atoms with Gasteiger partial charge in [0, 0.05) is 17.1 Å². The maximum absolute atomic E-state index is 12.1. The van der Waals surface area contributed by atoms with Gasteiger partial charge >= 0.3 is 0 Å². The summed E-state index contributed by atoms with van der Waals surface area (Å²) < 4.78 is 4.86. The average molecular weight is 446 g/mol. The van der Waals surface area contributed by atoms with Gasteiger partial charge in [-0.1, -0.05) is 23.4 Å². The zero-order chi connectivity index (χ0) is 21.3. The van der Waals surface area contributed by atoms with Gasteiger partial charge < -0.3 is 20.5 Å². The number of nitrogens with zero attached hydrogens (tertiary/aromatic N) is 2. The number of rotatable bonds is 9. The molecule has 0 radical (unpaired) electrons. The van der Waals surface area contributed by atoms with E-state index in [1.54, 1.807) is 30.5 Å². The number of aryl methyl sites for hydroxylation is 1. The number of thiazole rings is 1. The molecule has 0 saturated heterocycles. The Bertz CT molecular complexity index is 1020. The van der Waals surface area contributed by atoms with Crippen LogP contribution in [0, 0.1) is 6.92 Å². The third-order valence-electron chi connectivity index (χ3n) is 3.56. The topological polar surface area (TPSA) is 126 Å². The smallest absolute Gasteiger partial charge is 0.236 e.